The van der Waals surface area contributed by atoms with Gasteiger partial charge in [0.1, 0.15) is 17.5 Å². The molecule has 3 aliphatic rings. The van der Waals surface area contributed by atoms with Crippen molar-refractivity contribution >= 4 is 51.9 Å². The quantitative estimate of drug-likeness (QED) is 0.191. The molecule has 3 aliphatic heterocycles. The molecular weight excluding hydrogens is 673 g/mol. The summed E-state index contributed by atoms with van der Waals surface area (Å²) < 4.78 is 33.1. The first-order chi connectivity index (χ1) is 24.8. The predicted octanol–water partition coefficient (Wildman–Crippen LogP) is 7.41. The molecule has 0 saturated carbocycles. The highest BCUT2D eigenvalue weighted by Gasteiger charge is 2.45. The molecule has 2 N–H and O–H groups in total. The van der Waals surface area contributed by atoms with E-state index < -0.39 is 17.5 Å². The summed E-state index contributed by atoms with van der Waals surface area (Å²) in [7, 11) is 0. The minimum absolute atomic E-state index is 0.107. The summed E-state index contributed by atoms with van der Waals surface area (Å²) in [5.41, 5.74) is 4.03. The fraction of sp³-hybridized carbons (Fsp3) is 0.231. The van der Waals surface area contributed by atoms with Crippen LogP contribution in [0.3, 0.4) is 0 Å². The Hall–Kier alpha value is -5.46. The summed E-state index contributed by atoms with van der Waals surface area (Å²) in [6, 6.07) is 22.6. The zero-order valence-corrected chi connectivity index (χ0v) is 28.3. The Morgan fingerprint density at radius 1 is 0.863 bits per heavy atom. The van der Waals surface area contributed by atoms with Gasteiger partial charge in [-0.2, -0.15) is 0 Å². The number of halogens is 2. The minimum Gasteiger partial charge on any atom is -0.381 e. The first-order valence-corrected chi connectivity index (χ1v) is 17.6. The van der Waals surface area contributed by atoms with Gasteiger partial charge in [-0.25, -0.2) is 13.8 Å². The van der Waals surface area contributed by atoms with Crippen LogP contribution >= 0.6 is 11.3 Å². The van der Waals surface area contributed by atoms with Crippen molar-refractivity contribution in [1.82, 2.24) is 4.98 Å². The van der Waals surface area contributed by atoms with Gasteiger partial charge in [0.2, 0.25) is 0 Å². The van der Waals surface area contributed by atoms with E-state index in [0.717, 1.165) is 67.3 Å². The lowest BCUT2D eigenvalue weighted by Crippen LogP contribution is -2.59. The number of pyridine rings is 1. The van der Waals surface area contributed by atoms with Gasteiger partial charge in [0.25, 0.3) is 17.7 Å². The molecule has 0 unspecified atom stereocenters. The molecule has 51 heavy (non-hydrogen) atoms. The Kier molecular flexibility index (Phi) is 8.56. The molecule has 258 valence electrons. The zero-order chi connectivity index (χ0) is 35.1. The summed E-state index contributed by atoms with van der Waals surface area (Å²) in [5, 5.41) is 5.50. The third-order valence-corrected chi connectivity index (χ3v) is 11.0. The lowest BCUT2D eigenvalue weighted by atomic mass is 9.73. The number of hydrogen-bond donors (Lipinski definition) is 2. The number of hydrogen-bond acceptors (Lipinski definition) is 7. The van der Waals surface area contributed by atoms with Gasteiger partial charge in [0, 0.05) is 72.2 Å². The van der Waals surface area contributed by atoms with E-state index in [4.69, 9.17) is 4.74 Å². The molecule has 2 fully saturated rings. The molecule has 3 aromatic carbocycles. The lowest BCUT2D eigenvalue weighted by Gasteiger charge is -2.53. The number of fused-ring (bicyclic) bond motifs is 3. The molecule has 0 bridgehead atoms. The number of rotatable bonds is 6. The second-order valence-corrected chi connectivity index (χ2v) is 14.2. The highest BCUT2D eigenvalue weighted by atomic mass is 32.1. The van der Waals surface area contributed by atoms with E-state index in [1.165, 1.54) is 17.4 Å². The van der Waals surface area contributed by atoms with E-state index in [2.05, 4.69) is 20.5 Å². The number of aromatic nitrogens is 1. The summed E-state index contributed by atoms with van der Waals surface area (Å²) >= 11 is 1.26. The zero-order valence-electron chi connectivity index (χ0n) is 27.5. The van der Waals surface area contributed by atoms with Crippen molar-refractivity contribution in [2.45, 2.75) is 19.3 Å². The predicted molar refractivity (Wildman–Crippen MR) is 193 cm³/mol. The van der Waals surface area contributed by atoms with Crippen molar-refractivity contribution in [1.29, 1.82) is 0 Å². The molecule has 5 heterocycles. The van der Waals surface area contributed by atoms with Crippen LogP contribution in [0.1, 0.15) is 48.8 Å². The molecule has 8 rings (SSSR count). The van der Waals surface area contributed by atoms with Crippen LogP contribution in [0.15, 0.2) is 91.1 Å². The Bertz CT molecular complexity index is 2160. The number of para-hydroxylation sites is 1. The SMILES string of the molecule is O=C(Nc1ccc(F)cc1F)c1cc2c(s1)-c1ccccc1N(C(=O)c1ccc(NC(=O)c3cccnc3N3CC4(CCOCC4)C3)cc1)CC2. The highest BCUT2D eigenvalue weighted by Crippen LogP contribution is 2.43. The Morgan fingerprint density at radius 2 is 1.65 bits per heavy atom. The fourth-order valence-electron chi connectivity index (χ4n) is 7.10. The van der Waals surface area contributed by atoms with Crippen molar-refractivity contribution in [3.63, 3.8) is 0 Å². The number of nitrogens with one attached hydrogen (secondary N) is 2. The molecule has 12 heteroatoms. The second-order valence-electron chi connectivity index (χ2n) is 13.1. The third kappa shape index (κ3) is 6.36. The average molecular weight is 706 g/mol. The normalized spacial score (nSPS) is 16.0. The van der Waals surface area contributed by atoms with E-state index in [1.54, 1.807) is 53.6 Å². The van der Waals surface area contributed by atoms with Gasteiger partial charge in [-0.15, -0.1) is 11.3 Å². The number of benzene rings is 3. The molecule has 0 radical (unpaired) electrons. The average Bonchev–Trinajstić information content (AvgIpc) is 3.50. The molecule has 0 aliphatic carbocycles. The van der Waals surface area contributed by atoms with Crippen molar-refractivity contribution < 1.29 is 27.9 Å². The maximum Gasteiger partial charge on any atom is 0.265 e. The van der Waals surface area contributed by atoms with Crippen molar-refractivity contribution in [2.75, 3.05) is 53.3 Å². The number of carbonyl (C=O) groups excluding carboxylic acids is 3. The van der Waals surface area contributed by atoms with Crippen LogP contribution in [0.4, 0.5) is 31.7 Å². The van der Waals surface area contributed by atoms with Gasteiger partial charge < -0.3 is 25.2 Å². The first-order valence-electron chi connectivity index (χ1n) is 16.8. The van der Waals surface area contributed by atoms with Crippen LogP contribution in [0.2, 0.25) is 0 Å². The largest absolute Gasteiger partial charge is 0.381 e. The van der Waals surface area contributed by atoms with Gasteiger partial charge in [0.15, 0.2) is 0 Å². The molecule has 0 atom stereocenters. The van der Waals surface area contributed by atoms with Gasteiger partial charge in [0.05, 0.1) is 21.8 Å². The van der Waals surface area contributed by atoms with Gasteiger partial charge >= 0.3 is 0 Å². The summed E-state index contributed by atoms with van der Waals surface area (Å²) in [6.45, 7) is 3.61. The number of carbonyl (C=O) groups is 3. The van der Waals surface area contributed by atoms with Gasteiger partial charge in [-0.3, -0.25) is 14.4 Å². The van der Waals surface area contributed by atoms with Crippen LogP contribution in [0.5, 0.6) is 0 Å². The van der Waals surface area contributed by atoms with E-state index >= 15 is 0 Å². The van der Waals surface area contributed by atoms with Crippen LogP contribution in [-0.4, -0.2) is 55.6 Å². The molecule has 9 nitrogen and oxygen atoms in total. The summed E-state index contributed by atoms with van der Waals surface area (Å²) in [4.78, 5) is 50.1. The molecule has 2 aromatic heterocycles. The smallest absolute Gasteiger partial charge is 0.265 e. The lowest BCUT2D eigenvalue weighted by molar-refractivity contribution is -0.000510. The molecule has 5 aromatic rings. The van der Waals surface area contributed by atoms with Crippen molar-refractivity contribution in [3.8, 4) is 10.4 Å². The number of anilines is 4. The van der Waals surface area contributed by atoms with E-state index in [1.807, 2.05) is 24.3 Å². The van der Waals surface area contributed by atoms with Crippen molar-refractivity contribution in [3.05, 3.63) is 124 Å². The Labute approximate surface area is 296 Å². The molecule has 3 amide bonds. The van der Waals surface area contributed by atoms with Crippen LogP contribution in [-0.2, 0) is 11.2 Å². The fourth-order valence-corrected chi connectivity index (χ4v) is 8.24. The van der Waals surface area contributed by atoms with E-state index in [0.29, 0.717) is 46.2 Å². The number of amides is 3. The molecule has 1 spiro atoms. The van der Waals surface area contributed by atoms with Crippen LogP contribution in [0, 0.1) is 17.0 Å². The summed E-state index contributed by atoms with van der Waals surface area (Å²) in [5.74, 6) is -1.89. The Balaban J connectivity index is 0.964. The van der Waals surface area contributed by atoms with Gasteiger partial charge in [-0.1, -0.05) is 18.2 Å². The number of ether oxygens (including phenoxy) is 1. The topological polar surface area (TPSA) is 104 Å². The first kappa shape index (κ1) is 32.7. The minimum atomic E-state index is -0.857. The Morgan fingerprint density at radius 3 is 2.43 bits per heavy atom. The van der Waals surface area contributed by atoms with Crippen LogP contribution in [0.25, 0.3) is 10.4 Å². The van der Waals surface area contributed by atoms with Gasteiger partial charge in [-0.05, 0) is 85.5 Å². The monoisotopic (exact) mass is 705 g/mol. The third-order valence-electron chi connectivity index (χ3n) is 9.83. The second kappa shape index (κ2) is 13.3. The highest BCUT2D eigenvalue weighted by molar-refractivity contribution is 7.17. The summed E-state index contributed by atoms with van der Waals surface area (Å²) in [6.07, 6.45) is 4.22. The van der Waals surface area contributed by atoms with Crippen molar-refractivity contribution in [2.24, 2.45) is 5.41 Å². The van der Waals surface area contributed by atoms with E-state index in [-0.39, 0.29) is 22.9 Å². The standard InChI is InChI=1S/C39H33F2N5O4S/c40-26-9-12-31(30(41)21-26)44-37(48)33-20-25-13-17-46(32-6-2-1-4-28(32)34(25)51-33)38(49)24-7-10-27(11-8-24)43-36(47)29-5-3-16-42-35(29)45-22-39(23-45)14-18-50-19-15-39/h1-12,16,20-21H,13-15,17-19,22-23H2,(H,43,47)(H,44,48). The molecular formula is C39H33F2N5O4S. The maximum atomic E-state index is 14.2. The van der Waals surface area contributed by atoms with Crippen LogP contribution < -0.4 is 20.4 Å². The van der Waals surface area contributed by atoms with E-state index in [9.17, 15) is 23.2 Å². The molecule has 2 saturated heterocycles. The number of thiophene rings is 1. The maximum absolute atomic E-state index is 14.2. The number of nitrogens with zero attached hydrogens (tertiary/aromatic N) is 3.